The molecule has 0 fully saturated rings. The molecule has 0 spiro atoms. The monoisotopic (exact) mass is 361 g/mol. The van der Waals surface area contributed by atoms with Gasteiger partial charge in [-0.15, -0.1) is 0 Å². The Morgan fingerprint density at radius 3 is 2.32 bits per heavy atom. The topological polar surface area (TPSA) is 70.6 Å². The minimum absolute atomic E-state index is 0.0125. The van der Waals surface area contributed by atoms with Gasteiger partial charge in [-0.3, -0.25) is 9.59 Å². The summed E-state index contributed by atoms with van der Waals surface area (Å²) in [6, 6.07) is 12.4. The lowest BCUT2D eigenvalue weighted by atomic mass is 10.1. The van der Waals surface area contributed by atoms with E-state index in [2.05, 4.69) is 15.8 Å². The molecule has 0 aromatic heterocycles. The summed E-state index contributed by atoms with van der Waals surface area (Å²) in [5.74, 6) is -0.973. The molecular weight excluding hydrogens is 345 g/mol. The highest BCUT2D eigenvalue weighted by Crippen LogP contribution is 2.10. The van der Waals surface area contributed by atoms with Gasteiger partial charge in [0.25, 0.3) is 0 Å². The standard InChI is InChI=1S/C18H17ClFN3O2/c1-12(10-17(24)21-16-8-6-15(20)7-9-16)22-23-18(25)11-13-2-4-14(19)5-3-13/h2-9H,10-11H2,1H3,(H,21,24)(H,23,25)/b22-12+. The number of nitrogens with one attached hydrogen (secondary N) is 2. The molecule has 2 aromatic rings. The second-order valence-corrected chi connectivity index (χ2v) is 5.85. The number of nitrogens with zero attached hydrogens (tertiary/aromatic N) is 1. The van der Waals surface area contributed by atoms with Gasteiger partial charge in [-0.2, -0.15) is 5.10 Å². The fourth-order valence-corrected chi connectivity index (χ4v) is 2.12. The number of hydrogen-bond donors (Lipinski definition) is 2. The van der Waals surface area contributed by atoms with Crippen LogP contribution in [0.3, 0.4) is 0 Å². The zero-order valence-electron chi connectivity index (χ0n) is 13.6. The molecule has 0 bridgehead atoms. The van der Waals surface area contributed by atoms with Gasteiger partial charge in [0.05, 0.1) is 12.8 Å². The van der Waals surface area contributed by atoms with Crippen molar-refractivity contribution in [3.05, 3.63) is 64.9 Å². The van der Waals surface area contributed by atoms with Crippen molar-refractivity contribution in [3.8, 4) is 0 Å². The first-order valence-corrected chi connectivity index (χ1v) is 7.92. The van der Waals surface area contributed by atoms with Gasteiger partial charge >= 0.3 is 0 Å². The first-order valence-electron chi connectivity index (χ1n) is 7.54. The summed E-state index contributed by atoms with van der Waals surface area (Å²) < 4.78 is 12.8. The van der Waals surface area contributed by atoms with Crippen molar-refractivity contribution in [3.63, 3.8) is 0 Å². The van der Waals surface area contributed by atoms with E-state index >= 15 is 0 Å². The maximum Gasteiger partial charge on any atom is 0.244 e. The van der Waals surface area contributed by atoms with Crippen molar-refractivity contribution in [2.45, 2.75) is 19.8 Å². The summed E-state index contributed by atoms with van der Waals surface area (Å²) in [4.78, 5) is 23.7. The molecule has 0 saturated heterocycles. The fraction of sp³-hybridized carbons (Fsp3) is 0.167. The number of benzene rings is 2. The molecule has 25 heavy (non-hydrogen) atoms. The van der Waals surface area contributed by atoms with E-state index < -0.39 is 0 Å². The highest BCUT2D eigenvalue weighted by atomic mass is 35.5. The first-order chi connectivity index (χ1) is 11.9. The molecule has 0 atom stereocenters. The molecule has 0 unspecified atom stereocenters. The Bertz CT molecular complexity index is 774. The van der Waals surface area contributed by atoms with Gasteiger partial charge < -0.3 is 5.32 Å². The summed E-state index contributed by atoms with van der Waals surface area (Å²) in [6.07, 6.45) is 0.175. The summed E-state index contributed by atoms with van der Waals surface area (Å²) >= 11 is 5.79. The third kappa shape index (κ3) is 6.73. The number of hydrogen-bond acceptors (Lipinski definition) is 3. The second kappa shape index (κ2) is 8.94. The zero-order valence-corrected chi connectivity index (χ0v) is 14.3. The lowest BCUT2D eigenvalue weighted by molar-refractivity contribution is -0.120. The van der Waals surface area contributed by atoms with Crippen LogP contribution in [0.25, 0.3) is 0 Å². The minimum Gasteiger partial charge on any atom is -0.326 e. The molecule has 0 aliphatic carbocycles. The van der Waals surface area contributed by atoms with Crippen LogP contribution in [-0.2, 0) is 16.0 Å². The third-order valence-corrected chi connectivity index (χ3v) is 3.45. The molecule has 0 heterocycles. The van der Waals surface area contributed by atoms with Gasteiger partial charge in [0.2, 0.25) is 11.8 Å². The summed E-state index contributed by atoms with van der Waals surface area (Å²) in [5.41, 5.74) is 4.16. The SMILES string of the molecule is C/C(CC(=O)Nc1ccc(F)cc1)=N\NC(=O)Cc1ccc(Cl)cc1. The Balaban J connectivity index is 1.79. The van der Waals surface area contributed by atoms with E-state index in [1.54, 1.807) is 31.2 Å². The minimum atomic E-state index is -0.376. The number of amides is 2. The number of rotatable bonds is 6. The van der Waals surface area contributed by atoms with E-state index in [1.807, 2.05) is 0 Å². The van der Waals surface area contributed by atoms with Crippen molar-refractivity contribution in [2.75, 3.05) is 5.32 Å². The van der Waals surface area contributed by atoms with E-state index in [4.69, 9.17) is 11.6 Å². The summed E-state index contributed by atoms with van der Waals surface area (Å²) in [7, 11) is 0. The Kier molecular flexibility index (Phi) is 6.65. The molecule has 5 nitrogen and oxygen atoms in total. The Labute approximate surface area is 149 Å². The molecule has 0 radical (unpaired) electrons. The number of hydrazone groups is 1. The van der Waals surface area contributed by atoms with Gasteiger partial charge in [0.1, 0.15) is 5.82 Å². The third-order valence-electron chi connectivity index (χ3n) is 3.19. The predicted octanol–water partition coefficient (Wildman–Crippen LogP) is 3.54. The van der Waals surface area contributed by atoms with Gasteiger partial charge in [-0.25, -0.2) is 9.82 Å². The quantitative estimate of drug-likeness (QED) is 0.610. The van der Waals surface area contributed by atoms with Crippen LogP contribution in [-0.4, -0.2) is 17.5 Å². The Morgan fingerprint density at radius 1 is 1.04 bits per heavy atom. The summed E-state index contributed by atoms with van der Waals surface area (Å²) in [6.45, 7) is 1.63. The maximum absolute atomic E-state index is 12.8. The molecule has 0 aliphatic rings. The number of anilines is 1. The molecule has 2 rings (SSSR count). The van der Waals surface area contributed by atoms with Gasteiger partial charge in [-0.1, -0.05) is 23.7 Å². The van der Waals surface area contributed by atoms with E-state index in [1.165, 1.54) is 24.3 Å². The normalized spacial score (nSPS) is 11.1. The van der Waals surface area contributed by atoms with E-state index in [0.29, 0.717) is 16.4 Å². The maximum atomic E-state index is 12.8. The molecule has 2 aromatic carbocycles. The lowest BCUT2D eigenvalue weighted by Gasteiger charge is -2.05. The van der Waals surface area contributed by atoms with Crippen LogP contribution >= 0.6 is 11.6 Å². The van der Waals surface area contributed by atoms with E-state index in [9.17, 15) is 14.0 Å². The average Bonchev–Trinajstić information content (AvgIpc) is 2.57. The zero-order chi connectivity index (χ0) is 18.2. The number of carbonyl (C=O) groups is 2. The number of carbonyl (C=O) groups excluding carboxylic acids is 2. The van der Waals surface area contributed by atoms with Crippen molar-refractivity contribution < 1.29 is 14.0 Å². The first kappa shape index (κ1) is 18.6. The van der Waals surface area contributed by atoms with E-state index in [0.717, 1.165) is 5.56 Å². The van der Waals surface area contributed by atoms with Crippen LogP contribution in [0, 0.1) is 5.82 Å². The smallest absolute Gasteiger partial charge is 0.244 e. The largest absolute Gasteiger partial charge is 0.326 e. The van der Waals surface area contributed by atoms with Crippen LogP contribution < -0.4 is 10.7 Å². The van der Waals surface area contributed by atoms with Gasteiger partial charge in [0, 0.05) is 16.4 Å². The van der Waals surface area contributed by atoms with Crippen LogP contribution in [0.2, 0.25) is 5.02 Å². The molecule has 2 amide bonds. The van der Waals surface area contributed by atoms with Crippen LogP contribution in [0.5, 0.6) is 0 Å². The van der Waals surface area contributed by atoms with Crippen molar-refractivity contribution >= 4 is 34.8 Å². The van der Waals surface area contributed by atoms with Crippen molar-refractivity contribution in [1.29, 1.82) is 0 Å². The molecule has 2 N–H and O–H groups in total. The average molecular weight is 362 g/mol. The van der Waals surface area contributed by atoms with E-state index in [-0.39, 0.29) is 30.5 Å². The molecule has 130 valence electrons. The Hall–Kier alpha value is -2.73. The molecule has 0 saturated carbocycles. The van der Waals surface area contributed by atoms with Crippen LogP contribution in [0.1, 0.15) is 18.9 Å². The molecule has 0 aliphatic heterocycles. The lowest BCUT2D eigenvalue weighted by Crippen LogP contribution is -2.22. The van der Waals surface area contributed by atoms with Crippen LogP contribution in [0.4, 0.5) is 10.1 Å². The highest BCUT2D eigenvalue weighted by molar-refractivity contribution is 6.30. The second-order valence-electron chi connectivity index (χ2n) is 5.42. The molecular formula is C18H17ClFN3O2. The summed E-state index contributed by atoms with van der Waals surface area (Å²) in [5, 5.41) is 7.13. The van der Waals surface area contributed by atoms with Gasteiger partial charge in [0.15, 0.2) is 0 Å². The van der Waals surface area contributed by atoms with Gasteiger partial charge in [-0.05, 0) is 48.9 Å². The number of halogens is 2. The van der Waals surface area contributed by atoms with Crippen LogP contribution in [0.15, 0.2) is 53.6 Å². The highest BCUT2D eigenvalue weighted by Gasteiger charge is 2.06. The molecule has 7 heteroatoms. The van der Waals surface area contributed by atoms with Crippen molar-refractivity contribution in [1.82, 2.24) is 5.43 Å². The predicted molar refractivity (Wildman–Crippen MR) is 96.1 cm³/mol. The Morgan fingerprint density at radius 2 is 1.68 bits per heavy atom. The van der Waals surface area contributed by atoms with Crippen molar-refractivity contribution in [2.24, 2.45) is 5.10 Å². The fourth-order valence-electron chi connectivity index (χ4n) is 2.00.